The lowest BCUT2D eigenvalue weighted by molar-refractivity contribution is -0.124. The van der Waals surface area contributed by atoms with Gasteiger partial charge in [0.1, 0.15) is 0 Å². The Morgan fingerprint density at radius 1 is 1.07 bits per heavy atom. The summed E-state index contributed by atoms with van der Waals surface area (Å²) in [7, 11) is 0. The average molecular weight is 399 g/mol. The maximum Gasteiger partial charge on any atom is 0.241 e. The minimum atomic E-state index is -0.196. The molecule has 0 aromatic heterocycles. The summed E-state index contributed by atoms with van der Waals surface area (Å²) >= 11 is 0. The molecule has 1 atom stereocenters. The Labute approximate surface area is 171 Å². The number of para-hydroxylation sites is 2. The second-order valence-electron chi connectivity index (χ2n) is 8.28. The molecule has 8 heteroatoms. The second-order valence-corrected chi connectivity index (χ2v) is 8.28. The summed E-state index contributed by atoms with van der Waals surface area (Å²) in [5, 5.41) is 5.92. The Morgan fingerprint density at radius 2 is 1.72 bits per heavy atom. The topological polar surface area (TPSA) is 85.0 Å². The first-order chi connectivity index (χ1) is 14.0. The number of piperazine rings is 1. The van der Waals surface area contributed by atoms with Gasteiger partial charge in [-0.05, 0) is 31.9 Å². The molecule has 3 aliphatic rings. The lowest BCUT2D eigenvalue weighted by Crippen LogP contribution is -2.53. The van der Waals surface area contributed by atoms with E-state index in [1.807, 2.05) is 31.2 Å². The predicted molar refractivity (Wildman–Crippen MR) is 111 cm³/mol. The molecule has 3 amide bonds. The molecule has 2 heterocycles. The number of carbonyl (C=O) groups is 3. The molecule has 1 aromatic rings. The number of carbonyl (C=O) groups excluding carboxylic acids is 3. The lowest BCUT2D eigenvalue weighted by atomic mass is 10.1. The Balaban J connectivity index is 1.33. The molecule has 0 spiro atoms. The first-order valence-corrected chi connectivity index (χ1v) is 10.4. The molecular formula is C21H29N5O3. The fourth-order valence-corrected chi connectivity index (χ4v) is 4.04. The first-order valence-electron chi connectivity index (χ1n) is 10.4. The van der Waals surface area contributed by atoms with Gasteiger partial charge < -0.3 is 15.5 Å². The third kappa shape index (κ3) is 4.94. The third-order valence-corrected chi connectivity index (χ3v) is 5.76. The number of nitrogens with one attached hydrogen (secondary N) is 2. The smallest absolute Gasteiger partial charge is 0.241 e. The zero-order chi connectivity index (χ0) is 20.4. The number of amides is 3. The molecule has 156 valence electrons. The number of benzene rings is 1. The van der Waals surface area contributed by atoms with Crippen molar-refractivity contribution in [3.63, 3.8) is 0 Å². The van der Waals surface area contributed by atoms with Crippen LogP contribution in [-0.2, 0) is 14.4 Å². The van der Waals surface area contributed by atoms with Gasteiger partial charge in [-0.15, -0.1) is 0 Å². The molecule has 8 nitrogen and oxygen atoms in total. The fourth-order valence-electron chi connectivity index (χ4n) is 4.04. The van der Waals surface area contributed by atoms with E-state index in [0.717, 1.165) is 44.7 Å². The van der Waals surface area contributed by atoms with Crippen LogP contribution >= 0.6 is 0 Å². The van der Waals surface area contributed by atoms with Gasteiger partial charge in [0.05, 0.1) is 24.5 Å². The van der Waals surface area contributed by atoms with Gasteiger partial charge in [-0.25, -0.2) is 0 Å². The van der Waals surface area contributed by atoms with Crippen molar-refractivity contribution in [2.24, 2.45) is 0 Å². The van der Waals surface area contributed by atoms with Gasteiger partial charge in [0, 0.05) is 44.7 Å². The largest absolute Gasteiger partial charge is 0.352 e. The average Bonchev–Trinajstić information content (AvgIpc) is 3.49. The van der Waals surface area contributed by atoms with Crippen LogP contribution in [0.5, 0.6) is 0 Å². The molecule has 2 N–H and O–H groups in total. The van der Waals surface area contributed by atoms with E-state index in [4.69, 9.17) is 0 Å². The van der Waals surface area contributed by atoms with Crippen molar-refractivity contribution in [3.05, 3.63) is 24.3 Å². The van der Waals surface area contributed by atoms with E-state index < -0.39 is 0 Å². The maximum absolute atomic E-state index is 13.2. The van der Waals surface area contributed by atoms with Crippen molar-refractivity contribution in [3.8, 4) is 0 Å². The van der Waals surface area contributed by atoms with E-state index in [-0.39, 0.29) is 30.2 Å². The first kappa shape index (κ1) is 19.8. The van der Waals surface area contributed by atoms with Crippen molar-refractivity contribution in [2.45, 2.75) is 38.3 Å². The minimum absolute atomic E-state index is 0.00127. The number of rotatable bonds is 5. The van der Waals surface area contributed by atoms with Crippen LogP contribution in [-0.4, -0.2) is 78.9 Å². The van der Waals surface area contributed by atoms with Gasteiger partial charge in [0.25, 0.3) is 0 Å². The van der Waals surface area contributed by atoms with Gasteiger partial charge >= 0.3 is 0 Å². The molecule has 0 radical (unpaired) electrons. The van der Waals surface area contributed by atoms with Gasteiger partial charge in [-0.3, -0.25) is 24.2 Å². The van der Waals surface area contributed by atoms with Gasteiger partial charge in [-0.1, -0.05) is 12.1 Å². The fraction of sp³-hybridized carbons (Fsp3) is 0.571. The summed E-state index contributed by atoms with van der Waals surface area (Å²) in [5.74, 6) is 0.0314. The molecule has 1 saturated heterocycles. The normalized spacial score (nSPS) is 23.1. The van der Waals surface area contributed by atoms with Crippen LogP contribution in [0.4, 0.5) is 11.4 Å². The monoisotopic (exact) mass is 399 g/mol. The molecule has 2 fully saturated rings. The third-order valence-electron chi connectivity index (χ3n) is 5.76. The van der Waals surface area contributed by atoms with Crippen molar-refractivity contribution < 1.29 is 14.4 Å². The summed E-state index contributed by atoms with van der Waals surface area (Å²) in [6.07, 6.45) is 2.48. The molecule has 1 aliphatic carbocycles. The zero-order valence-electron chi connectivity index (χ0n) is 16.9. The van der Waals surface area contributed by atoms with Crippen molar-refractivity contribution in [2.75, 3.05) is 49.5 Å². The molecule has 2 aliphatic heterocycles. The number of nitrogens with zero attached hydrogens (tertiary/aromatic N) is 3. The highest BCUT2D eigenvalue weighted by Crippen LogP contribution is 2.31. The van der Waals surface area contributed by atoms with E-state index in [0.29, 0.717) is 24.8 Å². The van der Waals surface area contributed by atoms with Gasteiger partial charge in [0.15, 0.2) is 0 Å². The molecule has 4 rings (SSSR count). The Bertz CT molecular complexity index is 786. The van der Waals surface area contributed by atoms with E-state index >= 15 is 0 Å². The van der Waals surface area contributed by atoms with Gasteiger partial charge in [0.2, 0.25) is 17.7 Å². The van der Waals surface area contributed by atoms with Crippen molar-refractivity contribution >= 4 is 29.1 Å². The number of hydrogen-bond acceptors (Lipinski definition) is 5. The minimum Gasteiger partial charge on any atom is -0.352 e. The SMILES string of the molecule is C[C@@H]1CC(=O)Nc2ccccc2N1C(=O)CN1CCN(CC(=O)NC2CC2)CC1. The predicted octanol–water partition coefficient (Wildman–Crippen LogP) is 0.647. The standard InChI is InChI=1S/C21H29N5O3/c1-15-12-19(27)23-17-4-2-3-5-18(17)26(15)21(29)14-25-10-8-24(9-11-25)13-20(28)22-16-6-7-16/h2-5,15-16H,6-14H2,1H3,(H,22,28)(H,23,27)/t15-/m1/s1. The molecule has 0 unspecified atom stereocenters. The van der Waals surface area contributed by atoms with Crippen LogP contribution in [0.15, 0.2) is 24.3 Å². The molecule has 1 saturated carbocycles. The number of fused-ring (bicyclic) bond motifs is 1. The summed E-state index contributed by atoms with van der Waals surface area (Å²) in [4.78, 5) is 43.3. The number of hydrogen-bond donors (Lipinski definition) is 2. The lowest BCUT2D eigenvalue weighted by Gasteiger charge is -2.36. The van der Waals surface area contributed by atoms with Crippen LogP contribution in [0.25, 0.3) is 0 Å². The summed E-state index contributed by atoms with van der Waals surface area (Å²) in [5.41, 5.74) is 1.44. The second kappa shape index (κ2) is 8.51. The quantitative estimate of drug-likeness (QED) is 0.759. The zero-order valence-corrected chi connectivity index (χ0v) is 16.9. The maximum atomic E-state index is 13.2. The highest BCUT2D eigenvalue weighted by atomic mass is 16.2. The van der Waals surface area contributed by atoms with Crippen molar-refractivity contribution in [1.82, 2.24) is 15.1 Å². The highest BCUT2D eigenvalue weighted by molar-refractivity contribution is 6.04. The van der Waals surface area contributed by atoms with Crippen LogP contribution in [0.3, 0.4) is 0 Å². The van der Waals surface area contributed by atoms with Crippen LogP contribution in [0.1, 0.15) is 26.2 Å². The molecular weight excluding hydrogens is 370 g/mol. The van der Waals surface area contributed by atoms with Gasteiger partial charge in [-0.2, -0.15) is 0 Å². The Kier molecular flexibility index (Phi) is 5.82. The van der Waals surface area contributed by atoms with Crippen LogP contribution in [0.2, 0.25) is 0 Å². The number of anilines is 2. The Hall–Kier alpha value is -2.45. The van der Waals surface area contributed by atoms with E-state index in [9.17, 15) is 14.4 Å². The van der Waals surface area contributed by atoms with Crippen molar-refractivity contribution in [1.29, 1.82) is 0 Å². The summed E-state index contributed by atoms with van der Waals surface area (Å²) < 4.78 is 0. The molecule has 29 heavy (non-hydrogen) atoms. The molecule has 0 bridgehead atoms. The highest BCUT2D eigenvalue weighted by Gasteiger charge is 2.31. The van der Waals surface area contributed by atoms with Crippen LogP contribution < -0.4 is 15.5 Å². The molecule has 1 aromatic carbocycles. The summed E-state index contributed by atoms with van der Waals surface area (Å²) in [6.45, 7) is 5.72. The summed E-state index contributed by atoms with van der Waals surface area (Å²) in [6, 6.07) is 7.65. The van der Waals surface area contributed by atoms with Crippen LogP contribution in [0, 0.1) is 0 Å². The van der Waals surface area contributed by atoms with E-state index in [2.05, 4.69) is 20.4 Å². The van der Waals surface area contributed by atoms with E-state index in [1.54, 1.807) is 4.90 Å². The van der Waals surface area contributed by atoms with E-state index in [1.165, 1.54) is 0 Å². The Morgan fingerprint density at radius 3 is 2.41 bits per heavy atom.